The van der Waals surface area contributed by atoms with Gasteiger partial charge in [-0.1, -0.05) is 11.6 Å². The molecule has 0 saturated heterocycles. The number of carbonyl (C=O) groups excluding carboxylic acids is 1. The SMILES string of the molecule is COc1ccnc(Cl)c1NC(=O)OC(C)(C)C. The van der Waals surface area contributed by atoms with E-state index in [1.807, 2.05) is 0 Å². The van der Waals surface area contributed by atoms with Crippen molar-refractivity contribution in [2.45, 2.75) is 26.4 Å². The van der Waals surface area contributed by atoms with E-state index in [2.05, 4.69) is 10.3 Å². The van der Waals surface area contributed by atoms with Crippen LogP contribution in [0, 0.1) is 0 Å². The Labute approximate surface area is 105 Å². The molecule has 1 rings (SSSR count). The van der Waals surface area contributed by atoms with Crippen molar-refractivity contribution in [1.29, 1.82) is 0 Å². The Hall–Kier alpha value is -1.49. The fourth-order valence-electron chi connectivity index (χ4n) is 1.11. The van der Waals surface area contributed by atoms with E-state index < -0.39 is 11.7 Å². The second-order valence-corrected chi connectivity index (χ2v) is 4.66. The third kappa shape index (κ3) is 4.11. The van der Waals surface area contributed by atoms with E-state index in [1.54, 1.807) is 26.8 Å². The van der Waals surface area contributed by atoms with Crippen LogP contribution in [0.3, 0.4) is 0 Å². The third-order valence-electron chi connectivity index (χ3n) is 1.71. The fourth-order valence-corrected chi connectivity index (χ4v) is 1.31. The molecule has 0 unspecified atom stereocenters. The van der Waals surface area contributed by atoms with Crippen LogP contribution >= 0.6 is 11.6 Å². The van der Waals surface area contributed by atoms with Crippen molar-refractivity contribution in [3.05, 3.63) is 17.4 Å². The number of methoxy groups -OCH3 is 1. The van der Waals surface area contributed by atoms with Crippen LogP contribution in [0.25, 0.3) is 0 Å². The predicted molar refractivity (Wildman–Crippen MR) is 65.7 cm³/mol. The lowest BCUT2D eigenvalue weighted by atomic mass is 10.2. The number of aromatic nitrogens is 1. The molecule has 0 aliphatic carbocycles. The molecule has 1 N–H and O–H groups in total. The van der Waals surface area contributed by atoms with Gasteiger partial charge < -0.3 is 9.47 Å². The van der Waals surface area contributed by atoms with E-state index in [1.165, 1.54) is 13.3 Å². The van der Waals surface area contributed by atoms with Crippen molar-refractivity contribution >= 4 is 23.4 Å². The number of nitrogens with one attached hydrogen (secondary N) is 1. The minimum Gasteiger partial charge on any atom is -0.494 e. The van der Waals surface area contributed by atoms with Crippen LogP contribution in [-0.2, 0) is 4.74 Å². The Kier molecular flexibility index (Phi) is 4.17. The summed E-state index contributed by atoms with van der Waals surface area (Å²) in [6.07, 6.45) is 0.882. The van der Waals surface area contributed by atoms with Crippen LogP contribution in [0.2, 0.25) is 5.15 Å². The second kappa shape index (κ2) is 5.23. The number of amides is 1. The maximum Gasteiger partial charge on any atom is 0.412 e. The lowest BCUT2D eigenvalue weighted by Gasteiger charge is -2.20. The molecular formula is C11H15ClN2O3. The molecule has 1 aromatic rings. The minimum absolute atomic E-state index is 0.148. The number of ether oxygens (including phenoxy) is 2. The highest BCUT2D eigenvalue weighted by Gasteiger charge is 2.19. The molecule has 1 heterocycles. The lowest BCUT2D eigenvalue weighted by molar-refractivity contribution is 0.0635. The molecule has 0 fully saturated rings. The Bertz CT molecular complexity index is 416. The maximum absolute atomic E-state index is 11.6. The third-order valence-corrected chi connectivity index (χ3v) is 2.00. The van der Waals surface area contributed by atoms with Gasteiger partial charge in [0.2, 0.25) is 0 Å². The number of pyridine rings is 1. The molecule has 0 aliphatic rings. The van der Waals surface area contributed by atoms with Gasteiger partial charge in [0.15, 0.2) is 5.15 Å². The molecular weight excluding hydrogens is 244 g/mol. The number of hydrogen-bond donors (Lipinski definition) is 1. The molecule has 0 radical (unpaired) electrons. The van der Waals surface area contributed by atoms with Crippen LogP contribution in [0.1, 0.15) is 20.8 Å². The first kappa shape index (κ1) is 13.6. The van der Waals surface area contributed by atoms with E-state index >= 15 is 0 Å². The number of nitrogens with zero attached hydrogens (tertiary/aromatic N) is 1. The summed E-state index contributed by atoms with van der Waals surface area (Å²) >= 11 is 5.86. The summed E-state index contributed by atoms with van der Waals surface area (Å²) in [6.45, 7) is 5.32. The highest BCUT2D eigenvalue weighted by atomic mass is 35.5. The Balaban J connectivity index is 2.84. The van der Waals surface area contributed by atoms with Crippen molar-refractivity contribution < 1.29 is 14.3 Å². The first-order chi connectivity index (χ1) is 7.83. The molecule has 5 nitrogen and oxygen atoms in total. The summed E-state index contributed by atoms with van der Waals surface area (Å²) in [7, 11) is 1.48. The van der Waals surface area contributed by atoms with Gasteiger partial charge in [0.25, 0.3) is 0 Å². The quantitative estimate of drug-likeness (QED) is 0.828. The molecule has 0 aliphatic heterocycles. The average Bonchev–Trinajstić information content (AvgIpc) is 2.18. The molecule has 17 heavy (non-hydrogen) atoms. The van der Waals surface area contributed by atoms with E-state index in [9.17, 15) is 4.79 Å². The second-order valence-electron chi connectivity index (χ2n) is 4.31. The normalized spacial score (nSPS) is 10.9. The molecule has 0 atom stereocenters. The van der Waals surface area contributed by atoms with Gasteiger partial charge >= 0.3 is 6.09 Å². The average molecular weight is 259 g/mol. The van der Waals surface area contributed by atoms with Gasteiger partial charge in [-0.25, -0.2) is 9.78 Å². The number of carbonyl (C=O) groups is 1. The Morgan fingerprint density at radius 2 is 2.12 bits per heavy atom. The van der Waals surface area contributed by atoms with Gasteiger partial charge in [-0.05, 0) is 20.8 Å². The van der Waals surface area contributed by atoms with Gasteiger partial charge in [0.1, 0.15) is 17.0 Å². The maximum atomic E-state index is 11.6. The molecule has 0 bridgehead atoms. The molecule has 1 amide bonds. The first-order valence-corrected chi connectivity index (χ1v) is 5.40. The topological polar surface area (TPSA) is 60.5 Å². The molecule has 1 aromatic heterocycles. The van der Waals surface area contributed by atoms with Gasteiger partial charge in [-0.2, -0.15) is 0 Å². The molecule has 0 saturated carbocycles. The Morgan fingerprint density at radius 3 is 2.65 bits per heavy atom. The summed E-state index contributed by atoms with van der Waals surface area (Å²) in [5.41, 5.74) is -0.280. The lowest BCUT2D eigenvalue weighted by Crippen LogP contribution is -2.27. The van der Waals surface area contributed by atoms with Crippen molar-refractivity contribution in [3.63, 3.8) is 0 Å². The summed E-state index contributed by atoms with van der Waals surface area (Å²) in [4.78, 5) is 15.4. The summed E-state index contributed by atoms with van der Waals surface area (Å²) in [5.74, 6) is 0.427. The smallest absolute Gasteiger partial charge is 0.412 e. The van der Waals surface area contributed by atoms with Crippen molar-refractivity contribution in [2.75, 3.05) is 12.4 Å². The standard InChI is InChI=1S/C11H15ClN2O3/c1-11(2,3)17-10(15)14-8-7(16-4)5-6-13-9(8)12/h5-6H,1-4H3,(H,14,15). The van der Waals surface area contributed by atoms with Gasteiger partial charge in [0, 0.05) is 12.3 Å². The van der Waals surface area contributed by atoms with Crippen molar-refractivity contribution in [2.24, 2.45) is 0 Å². The highest BCUT2D eigenvalue weighted by molar-refractivity contribution is 6.32. The zero-order valence-electron chi connectivity index (χ0n) is 10.2. The first-order valence-electron chi connectivity index (χ1n) is 5.02. The van der Waals surface area contributed by atoms with Crippen LogP contribution < -0.4 is 10.1 Å². The van der Waals surface area contributed by atoms with Gasteiger partial charge in [-0.3, -0.25) is 5.32 Å². The van der Waals surface area contributed by atoms with Gasteiger partial charge in [-0.15, -0.1) is 0 Å². The van der Waals surface area contributed by atoms with E-state index in [0.29, 0.717) is 11.4 Å². The number of halogens is 1. The summed E-state index contributed by atoms with van der Waals surface area (Å²) in [5, 5.41) is 2.65. The summed E-state index contributed by atoms with van der Waals surface area (Å²) in [6, 6.07) is 1.60. The van der Waals surface area contributed by atoms with E-state index in [-0.39, 0.29) is 5.15 Å². The van der Waals surface area contributed by atoms with E-state index in [4.69, 9.17) is 21.1 Å². The molecule has 0 spiro atoms. The number of anilines is 1. The largest absolute Gasteiger partial charge is 0.494 e. The fraction of sp³-hybridized carbons (Fsp3) is 0.455. The van der Waals surface area contributed by atoms with Crippen molar-refractivity contribution in [3.8, 4) is 5.75 Å². The van der Waals surface area contributed by atoms with Crippen LogP contribution in [0.4, 0.5) is 10.5 Å². The molecule has 0 aromatic carbocycles. The molecule has 6 heteroatoms. The van der Waals surface area contributed by atoms with Crippen LogP contribution in [0.15, 0.2) is 12.3 Å². The van der Waals surface area contributed by atoms with Crippen LogP contribution in [-0.4, -0.2) is 23.8 Å². The van der Waals surface area contributed by atoms with Crippen molar-refractivity contribution in [1.82, 2.24) is 4.98 Å². The number of rotatable bonds is 2. The van der Waals surface area contributed by atoms with Crippen LogP contribution in [0.5, 0.6) is 5.75 Å². The molecule has 94 valence electrons. The van der Waals surface area contributed by atoms with E-state index in [0.717, 1.165) is 0 Å². The minimum atomic E-state index is -0.606. The van der Waals surface area contributed by atoms with Gasteiger partial charge in [0.05, 0.1) is 7.11 Å². The predicted octanol–water partition coefficient (Wildman–Crippen LogP) is 3.09. The monoisotopic (exact) mass is 258 g/mol. The zero-order chi connectivity index (χ0) is 13.1. The Morgan fingerprint density at radius 1 is 1.47 bits per heavy atom. The zero-order valence-corrected chi connectivity index (χ0v) is 11.0. The highest BCUT2D eigenvalue weighted by Crippen LogP contribution is 2.30. The number of hydrogen-bond acceptors (Lipinski definition) is 4. The summed E-state index contributed by atoms with van der Waals surface area (Å²) < 4.78 is 10.2.